The van der Waals surface area contributed by atoms with Crippen molar-refractivity contribution in [2.24, 2.45) is 17.6 Å². The van der Waals surface area contributed by atoms with Crippen LogP contribution in [0, 0.1) is 11.8 Å². The SMILES string of the molecule is COCCCN(C)C(CN)C1CCCC(C)C1. The van der Waals surface area contributed by atoms with Gasteiger partial charge in [-0.05, 0) is 38.1 Å². The highest BCUT2D eigenvalue weighted by atomic mass is 16.5. The van der Waals surface area contributed by atoms with Gasteiger partial charge in [0.2, 0.25) is 0 Å². The van der Waals surface area contributed by atoms with Gasteiger partial charge >= 0.3 is 0 Å². The van der Waals surface area contributed by atoms with Crippen molar-refractivity contribution in [2.45, 2.75) is 45.1 Å². The van der Waals surface area contributed by atoms with Crippen LogP contribution in [-0.4, -0.2) is 44.8 Å². The summed E-state index contributed by atoms with van der Waals surface area (Å²) < 4.78 is 5.11. The predicted octanol–water partition coefficient (Wildman–Crippen LogP) is 2.11. The van der Waals surface area contributed by atoms with E-state index in [4.69, 9.17) is 10.5 Å². The monoisotopic (exact) mass is 242 g/mol. The Hall–Kier alpha value is -0.120. The largest absolute Gasteiger partial charge is 0.385 e. The fourth-order valence-electron chi connectivity index (χ4n) is 3.19. The molecular weight excluding hydrogens is 212 g/mol. The van der Waals surface area contributed by atoms with Gasteiger partial charge < -0.3 is 15.4 Å². The molecule has 3 atom stereocenters. The first-order valence-electron chi connectivity index (χ1n) is 7.08. The third-order valence-electron chi connectivity index (χ3n) is 4.19. The van der Waals surface area contributed by atoms with Gasteiger partial charge in [0.1, 0.15) is 0 Å². The highest BCUT2D eigenvalue weighted by molar-refractivity contribution is 4.83. The summed E-state index contributed by atoms with van der Waals surface area (Å²) in [6.45, 7) is 5.12. The van der Waals surface area contributed by atoms with Gasteiger partial charge in [-0.2, -0.15) is 0 Å². The molecule has 3 unspecified atom stereocenters. The van der Waals surface area contributed by atoms with Crippen molar-refractivity contribution >= 4 is 0 Å². The van der Waals surface area contributed by atoms with E-state index in [9.17, 15) is 0 Å². The summed E-state index contributed by atoms with van der Waals surface area (Å²) in [5.41, 5.74) is 5.98. The van der Waals surface area contributed by atoms with E-state index < -0.39 is 0 Å². The van der Waals surface area contributed by atoms with E-state index in [1.54, 1.807) is 7.11 Å². The van der Waals surface area contributed by atoms with E-state index in [2.05, 4.69) is 18.9 Å². The molecule has 0 bridgehead atoms. The van der Waals surface area contributed by atoms with Crippen molar-refractivity contribution in [3.63, 3.8) is 0 Å². The number of nitrogens with zero attached hydrogens (tertiary/aromatic N) is 1. The van der Waals surface area contributed by atoms with E-state index in [0.717, 1.165) is 38.0 Å². The van der Waals surface area contributed by atoms with Crippen LogP contribution >= 0.6 is 0 Å². The third-order valence-corrected chi connectivity index (χ3v) is 4.19. The van der Waals surface area contributed by atoms with Gasteiger partial charge in [0.15, 0.2) is 0 Å². The Morgan fingerprint density at radius 3 is 2.76 bits per heavy atom. The lowest BCUT2D eigenvalue weighted by Crippen LogP contribution is -2.45. The molecule has 3 nitrogen and oxygen atoms in total. The summed E-state index contributed by atoms with van der Waals surface area (Å²) in [6.07, 6.45) is 6.61. The average molecular weight is 242 g/mol. The Morgan fingerprint density at radius 1 is 1.41 bits per heavy atom. The molecule has 0 aromatic heterocycles. The van der Waals surface area contributed by atoms with Gasteiger partial charge in [-0.3, -0.25) is 0 Å². The molecule has 1 rings (SSSR count). The molecule has 0 amide bonds. The minimum Gasteiger partial charge on any atom is -0.385 e. The van der Waals surface area contributed by atoms with Crippen LogP contribution in [0.5, 0.6) is 0 Å². The molecule has 2 N–H and O–H groups in total. The molecule has 0 aromatic rings. The fourth-order valence-corrected chi connectivity index (χ4v) is 3.19. The summed E-state index contributed by atoms with van der Waals surface area (Å²) in [5, 5.41) is 0. The normalized spacial score (nSPS) is 27.4. The minimum atomic E-state index is 0.564. The van der Waals surface area contributed by atoms with Crippen LogP contribution in [0.25, 0.3) is 0 Å². The first-order chi connectivity index (χ1) is 8.19. The maximum atomic E-state index is 5.98. The van der Waals surface area contributed by atoms with Crippen molar-refractivity contribution < 1.29 is 4.74 Å². The van der Waals surface area contributed by atoms with Crippen LogP contribution in [0.4, 0.5) is 0 Å². The van der Waals surface area contributed by atoms with Gasteiger partial charge in [-0.25, -0.2) is 0 Å². The fraction of sp³-hybridized carbons (Fsp3) is 1.00. The maximum absolute atomic E-state index is 5.98. The van der Waals surface area contributed by atoms with Gasteiger partial charge in [0, 0.05) is 32.8 Å². The topological polar surface area (TPSA) is 38.5 Å². The van der Waals surface area contributed by atoms with Crippen LogP contribution < -0.4 is 5.73 Å². The molecule has 102 valence electrons. The number of likely N-dealkylation sites (N-methyl/N-ethyl adjacent to an activating group) is 1. The van der Waals surface area contributed by atoms with Crippen LogP contribution in [0.2, 0.25) is 0 Å². The van der Waals surface area contributed by atoms with Gasteiger partial charge in [0.05, 0.1) is 0 Å². The van der Waals surface area contributed by atoms with Crippen molar-refractivity contribution in [1.82, 2.24) is 4.90 Å². The number of methoxy groups -OCH3 is 1. The Balaban J connectivity index is 2.39. The van der Waals surface area contributed by atoms with Gasteiger partial charge in [-0.15, -0.1) is 0 Å². The number of ether oxygens (including phenoxy) is 1. The number of hydrogen-bond donors (Lipinski definition) is 1. The van der Waals surface area contributed by atoms with Gasteiger partial charge in [0.25, 0.3) is 0 Å². The zero-order valence-corrected chi connectivity index (χ0v) is 11.8. The molecular formula is C14H30N2O. The standard InChI is InChI=1S/C14H30N2O/c1-12-6-4-7-13(10-12)14(11-15)16(2)8-5-9-17-3/h12-14H,4-11,15H2,1-3H3. The van der Waals surface area contributed by atoms with E-state index in [1.807, 2.05) is 0 Å². The Labute approximate surface area is 107 Å². The summed E-state index contributed by atoms with van der Waals surface area (Å²) in [5.74, 6) is 1.69. The van der Waals surface area contributed by atoms with Crippen molar-refractivity contribution in [3.05, 3.63) is 0 Å². The van der Waals surface area contributed by atoms with E-state index in [1.165, 1.54) is 25.7 Å². The molecule has 1 fully saturated rings. The minimum absolute atomic E-state index is 0.564. The molecule has 0 heterocycles. The second-order valence-corrected chi connectivity index (χ2v) is 5.66. The number of hydrogen-bond acceptors (Lipinski definition) is 3. The lowest BCUT2D eigenvalue weighted by Gasteiger charge is -2.38. The summed E-state index contributed by atoms with van der Waals surface area (Å²) in [6, 6.07) is 0.564. The Bertz CT molecular complexity index is 199. The highest BCUT2D eigenvalue weighted by Crippen LogP contribution is 2.32. The Morgan fingerprint density at radius 2 is 2.18 bits per heavy atom. The molecule has 1 aliphatic carbocycles. The van der Waals surface area contributed by atoms with E-state index in [0.29, 0.717) is 6.04 Å². The Kier molecular flexibility index (Phi) is 7.09. The van der Waals surface area contributed by atoms with Crippen molar-refractivity contribution in [2.75, 3.05) is 33.9 Å². The molecule has 1 aliphatic rings. The van der Waals surface area contributed by atoms with Crippen molar-refractivity contribution in [1.29, 1.82) is 0 Å². The molecule has 0 aromatic carbocycles. The van der Waals surface area contributed by atoms with E-state index >= 15 is 0 Å². The average Bonchev–Trinajstić information content (AvgIpc) is 2.30. The number of nitrogens with two attached hydrogens (primary N) is 1. The zero-order valence-electron chi connectivity index (χ0n) is 11.8. The maximum Gasteiger partial charge on any atom is 0.0474 e. The van der Waals surface area contributed by atoms with E-state index in [-0.39, 0.29) is 0 Å². The molecule has 0 radical (unpaired) electrons. The summed E-state index contributed by atoms with van der Waals surface area (Å²) in [7, 11) is 3.98. The van der Waals surface area contributed by atoms with Crippen LogP contribution in [0.3, 0.4) is 0 Å². The molecule has 3 heteroatoms. The molecule has 1 saturated carbocycles. The molecule has 17 heavy (non-hydrogen) atoms. The third kappa shape index (κ3) is 4.94. The smallest absolute Gasteiger partial charge is 0.0474 e. The molecule has 0 aliphatic heterocycles. The van der Waals surface area contributed by atoms with Crippen LogP contribution in [0.15, 0.2) is 0 Å². The lowest BCUT2D eigenvalue weighted by atomic mass is 9.78. The summed E-state index contributed by atoms with van der Waals surface area (Å²) in [4.78, 5) is 2.45. The van der Waals surface area contributed by atoms with Crippen LogP contribution in [0.1, 0.15) is 39.0 Å². The molecule has 0 saturated heterocycles. The summed E-state index contributed by atoms with van der Waals surface area (Å²) >= 11 is 0. The second kappa shape index (κ2) is 8.06. The number of rotatable bonds is 7. The quantitative estimate of drug-likeness (QED) is 0.695. The molecule has 0 spiro atoms. The highest BCUT2D eigenvalue weighted by Gasteiger charge is 2.28. The predicted molar refractivity (Wildman–Crippen MR) is 73.1 cm³/mol. The zero-order chi connectivity index (χ0) is 12.7. The first-order valence-corrected chi connectivity index (χ1v) is 7.08. The van der Waals surface area contributed by atoms with Crippen molar-refractivity contribution in [3.8, 4) is 0 Å². The van der Waals surface area contributed by atoms with Gasteiger partial charge in [-0.1, -0.05) is 19.8 Å². The van der Waals surface area contributed by atoms with Crippen LogP contribution in [-0.2, 0) is 4.74 Å². The lowest BCUT2D eigenvalue weighted by molar-refractivity contribution is 0.115. The second-order valence-electron chi connectivity index (χ2n) is 5.66. The first kappa shape index (κ1) is 14.9.